The van der Waals surface area contributed by atoms with Crippen LogP contribution < -0.4 is 9.62 Å². The lowest BCUT2D eigenvalue weighted by Crippen LogP contribution is -2.26. The van der Waals surface area contributed by atoms with Gasteiger partial charge in [-0.05, 0) is 55.2 Å². The zero-order chi connectivity index (χ0) is 17.0. The van der Waals surface area contributed by atoms with Crippen LogP contribution in [0.3, 0.4) is 0 Å². The van der Waals surface area contributed by atoms with Gasteiger partial charge in [-0.15, -0.1) is 0 Å². The van der Waals surface area contributed by atoms with Crippen molar-refractivity contribution in [3.63, 3.8) is 0 Å². The first-order chi connectivity index (χ1) is 11.5. The van der Waals surface area contributed by atoms with E-state index in [0.717, 1.165) is 24.7 Å². The van der Waals surface area contributed by atoms with Gasteiger partial charge in [0.25, 0.3) is 0 Å². The second kappa shape index (κ2) is 7.32. The Morgan fingerprint density at radius 2 is 1.75 bits per heavy atom. The summed E-state index contributed by atoms with van der Waals surface area (Å²) in [4.78, 5) is 2.31. The van der Waals surface area contributed by atoms with E-state index in [-0.39, 0.29) is 11.4 Å². The molecule has 0 unspecified atom stereocenters. The summed E-state index contributed by atoms with van der Waals surface area (Å²) in [5, 5.41) is 0. The van der Waals surface area contributed by atoms with Crippen molar-refractivity contribution in [2.75, 3.05) is 24.5 Å². The summed E-state index contributed by atoms with van der Waals surface area (Å²) >= 11 is 0. The van der Waals surface area contributed by atoms with E-state index in [1.807, 2.05) is 12.1 Å². The molecule has 0 spiro atoms. The van der Waals surface area contributed by atoms with E-state index >= 15 is 0 Å². The third kappa shape index (κ3) is 4.13. The van der Waals surface area contributed by atoms with Crippen molar-refractivity contribution >= 4 is 15.7 Å². The number of hydrogen-bond donors (Lipinski definition) is 1. The standard InChI is InChI=1S/C18H21FN2O2S/c19-16-4-3-5-18(14-16)24(22,23)20-11-10-15-6-8-17(9-7-15)21-12-1-2-13-21/h3-9,14,20H,1-2,10-13H2. The van der Waals surface area contributed by atoms with Crippen molar-refractivity contribution in [1.82, 2.24) is 4.72 Å². The summed E-state index contributed by atoms with van der Waals surface area (Å²) in [5.74, 6) is -0.560. The number of sulfonamides is 1. The van der Waals surface area contributed by atoms with E-state index in [0.29, 0.717) is 6.42 Å². The molecule has 4 nitrogen and oxygen atoms in total. The second-order valence-corrected chi connectivity index (χ2v) is 7.73. The van der Waals surface area contributed by atoms with E-state index in [2.05, 4.69) is 21.8 Å². The third-order valence-electron chi connectivity index (χ3n) is 4.22. The fourth-order valence-corrected chi connectivity index (χ4v) is 3.96. The Labute approximate surface area is 142 Å². The molecule has 1 aliphatic heterocycles. The Bertz CT molecular complexity index is 785. The molecule has 0 radical (unpaired) electrons. The van der Waals surface area contributed by atoms with Gasteiger partial charge in [-0.3, -0.25) is 0 Å². The number of nitrogens with zero attached hydrogens (tertiary/aromatic N) is 1. The number of nitrogens with one attached hydrogen (secondary N) is 1. The van der Waals surface area contributed by atoms with Crippen molar-refractivity contribution < 1.29 is 12.8 Å². The van der Waals surface area contributed by atoms with Gasteiger partial charge in [0.1, 0.15) is 5.82 Å². The van der Waals surface area contributed by atoms with Crippen molar-refractivity contribution in [2.45, 2.75) is 24.2 Å². The smallest absolute Gasteiger partial charge is 0.240 e. The average Bonchev–Trinajstić information content (AvgIpc) is 3.10. The predicted molar refractivity (Wildman–Crippen MR) is 93.2 cm³/mol. The van der Waals surface area contributed by atoms with Crippen LogP contribution >= 0.6 is 0 Å². The largest absolute Gasteiger partial charge is 0.372 e. The Kier molecular flexibility index (Phi) is 5.16. The van der Waals surface area contributed by atoms with Gasteiger partial charge in [0.15, 0.2) is 0 Å². The quantitative estimate of drug-likeness (QED) is 0.873. The van der Waals surface area contributed by atoms with E-state index in [1.54, 1.807) is 0 Å². The Balaban J connectivity index is 1.56. The fourth-order valence-electron chi connectivity index (χ4n) is 2.90. The van der Waals surface area contributed by atoms with E-state index in [9.17, 15) is 12.8 Å². The predicted octanol–water partition coefficient (Wildman–Crippen LogP) is 2.95. The fraction of sp³-hybridized carbons (Fsp3) is 0.333. The van der Waals surface area contributed by atoms with Crippen LogP contribution in [-0.2, 0) is 16.4 Å². The van der Waals surface area contributed by atoms with Crippen molar-refractivity contribution in [1.29, 1.82) is 0 Å². The number of benzene rings is 2. The Morgan fingerprint density at radius 1 is 1.04 bits per heavy atom. The minimum atomic E-state index is -3.67. The molecule has 2 aromatic carbocycles. The summed E-state index contributed by atoms with van der Waals surface area (Å²) in [7, 11) is -3.67. The molecule has 1 heterocycles. The lowest BCUT2D eigenvalue weighted by molar-refractivity contribution is 0.577. The summed E-state index contributed by atoms with van der Waals surface area (Å²) in [6.45, 7) is 2.49. The van der Waals surface area contributed by atoms with Crippen LogP contribution in [0.5, 0.6) is 0 Å². The minimum absolute atomic E-state index is 0.0492. The molecular formula is C18H21FN2O2S. The SMILES string of the molecule is O=S(=O)(NCCc1ccc(N2CCCC2)cc1)c1cccc(F)c1. The number of anilines is 1. The van der Waals surface area contributed by atoms with Gasteiger partial charge >= 0.3 is 0 Å². The molecule has 2 aromatic rings. The van der Waals surface area contributed by atoms with Crippen molar-refractivity contribution in [3.05, 3.63) is 59.9 Å². The van der Waals surface area contributed by atoms with E-state index in [4.69, 9.17) is 0 Å². The molecule has 0 aliphatic carbocycles. The highest BCUT2D eigenvalue weighted by Gasteiger charge is 2.14. The molecule has 24 heavy (non-hydrogen) atoms. The number of halogens is 1. The van der Waals surface area contributed by atoms with E-state index < -0.39 is 15.8 Å². The lowest BCUT2D eigenvalue weighted by atomic mass is 10.1. The van der Waals surface area contributed by atoms with Crippen molar-refractivity contribution in [2.24, 2.45) is 0 Å². The molecule has 0 aromatic heterocycles. The van der Waals surface area contributed by atoms with E-state index in [1.165, 1.54) is 36.7 Å². The van der Waals surface area contributed by atoms with Gasteiger partial charge in [-0.1, -0.05) is 18.2 Å². The Hall–Kier alpha value is -1.92. The van der Waals surface area contributed by atoms with Crippen LogP contribution in [0.2, 0.25) is 0 Å². The first kappa shape index (κ1) is 16.9. The zero-order valence-electron chi connectivity index (χ0n) is 13.4. The van der Waals surface area contributed by atoms with Gasteiger partial charge in [0, 0.05) is 25.3 Å². The van der Waals surface area contributed by atoms with Crippen LogP contribution in [-0.4, -0.2) is 28.1 Å². The van der Waals surface area contributed by atoms with Crippen LogP contribution in [0.1, 0.15) is 18.4 Å². The first-order valence-electron chi connectivity index (χ1n) is 8.14. The molecule has 1 saturated heterocycles. The maximum atomic E-state index is 13.2. The number of rotatable bonds is 6. The minimum Gasteiger partial charge on any atom is -0.372 e. The Morgan fingerprint density at radius 3 is 2.42 bits per heavy atom. The summed E-state index contributed by atoms with van der Waals surface area (Å²) in [6.07, 6.45) is 3.07. The van der Waals surface area contributed by atoms with Gasteiger partial charge in [0.05, 0.1) is 4.90 Å². The molecule has 128 valence electrons. The molecule has 1 fully saturated rings. The molecule has 1 aliphatic rings. The summed E-state index contributed by atoms with van der Waals surface area (Å²) < 4.78 is 39.9. The monoisotopic (exact) mass is 348 g/mol. The van der Waals surface area contributed by atoms with Crippen LogP contribution in [0.4, 0.5) is 10.1 Å². The lowest BCUT2D eigenvalue weighted by Gasteiger charge is -2.17. The van der Waals surface area contributed by atoms with Gasteiger partial charge < -0.3 is 4.90 Å². The normalized spacial score (nSPS) is 15.0. The molecule has 0 atom stereocenters. The van der Waals surface area contributed by atoms with Crippen LogP contribution in [0.15, 0.2) is 53.4 Å². The molecule has 0 saturated carbocycles. The first-order valence-corrected chi connectivity index (χ1v) is 9.62. The molecule has 1 N–H and O–H groups in total. The average molecular weight is 348 g/mol. The van der Waals surface area contributed by atoms with Gasteiger partial charge in [0.2, 0.25) is 10.0 Å². The number of hydrogen-bond acceptors (Lipinski definition) is 3. The molecule has 0 amide bonds. The van der Waals surface area contributed by atoms with Gasteiger partial charge in [-0.2, -0.15) is 0 Å². The van der Waals surface area contributed by atoms with Gasteiger partial charge in [-0.25, -0.2) is 17.5 Å². The maximum Gasteiger partial charge on any atom is 0.240 e. The zero-order valence-corrected chi connectivity index (χ0v) is 14.2. The van der Waals surface area contributed by atoms with Crippen molar-refractivity contribution in [3.8, 4) is 0 Å². The molecule has 0 bridgehead atoms. The third-order valence-corrected chi connectivity index (χ3v) is 5.68. The molecule has 6 heteroatoms. The molecule has 3 rings (SSSR count). The highest BCUT2D eigenvalue weighted by Crippen LogP contribution is 2.20. The summed E-state index contributed by atoms with van der Waals surface area (Å²) in [6, 6.07) is 13.3. The highest BCUT2D eigenvalue weighted by molar-refractivity contribution is 7.89. The van der Waals surface area contributed by atoms with Crippen LogP contribution in [0.25, 0.3) is 0 Å². The topological polar surface area (TPSA) is 49.4 Å². The van der Waals surface area contributed by atoms with Crippen LogP contribution in [0, 0.1) is 5.82 Å². The summed E-state index contributed by atoms with van der Waals surface area (Å²) in [5.41, 5.74) is 2.29. The highest BCUT2D eigenvalue weighted by atomic mass is 32.2. The second-order valence-electron chi connectivity index (χ2n) is 5.97. The maximum absolute atomic E-state index is 13.2. The molecular weight excluding hydrogens is 327 g/mol.